The monoisotopic (exact) mass is 758 g/mol. The molecule has 0 fully saturated rings. The number of esters is 3. The van der Waals surface area contributed by atoms with Gasteiger partial charge in [-0.2, -0.15) is 0 Å². The average molecular weight is 759 g/mol. The molecule has 0 atom stereocenters. The number of hydrogen-bond donors (Lipinski definition) is 2. The predicted molar refractivity (Wildman–Crippen MR) is 203 cm³/mol. The molecule has 0 unspecified atom stereocenters. The Bertz CT molecular complexity index is 2280. The van der Waals surface area contributed by atoms with Gasteiger partial charge in [-0.05, 0) is 115 Å². The fourth-order valence-electron chi connectivity index (χ4n) is 6.77. The third-order valence-corrected chi connectivity index (χ3v) is 10.0. The fourth-order valence-corrected chi connectivity index (χ4v) is 6.77. The molecule has 4 aromatic carbocycles. The number of aromatic carboxylic acids is 1. The Morgan fingerprint density at radius 1 is 0.418 bits per heavy atom. The van der Waals surface area contributed by atoms with E-state index in [-0.39, 0.29) is 67.9 Å². The minimum Gasteiger partial charge on any atom is -0.507 e. The van der Waals surface area contributed by atoms with Crippen LogP contribution in [0, 0.1) is 69.2 Å². The van der Waals surface area contributed by atoms with Gasteiger partial charge in [-0.1, -0.05) is 0 Å². The quantitative estimate of drug-likeness (QED) is 0.112. The lowest BCUT2D eigenvalue weighted by Gasteiger charge is -2.22. The van der Waals surface area contributed by atoms with Crippen LogP contribution in [-0.4, -0.2) is 62.5 Å². The predicted octanol–water partition coefficient (Wildman–Crippen LogP) is 7.87. The summed E-state index contributed by atoms with van der Waals surface area (Å²) in [6, 6.07) is 3.15. The molecule has 4 aromatic rings. The molecule has 4 rings (SSSR count). The normalized spacial score (nSPS) is 10.8. The van der Waals surface area contributed by atoms with Gasteiger partial charge in [0.2, 0.25) is 0 Å². The van der Waals surface area contributed by atoms with E-state index in [4.69, 9.17) is 33.2 Å². The molecule has 0 spiro atoms. The molecule has 2 N–H and O–H groups in total. The molecule has 292 valence electrons. The molecule has 0 radical (unpaired) electrons. The molecule has 55 heavy (non-hydrogen) atoms. The van der Waals surface area contributed by atoms with Gasteiger partial charge in [-0.15, -0.1) is 0 Å². The maximum atomic E-state index is 13.9. The number of phenolic OH excluding ortho intramolecular Hbond substituents is 1. The number of carboxylic acid groups (broad SMARTS) is 1. The molecule has 0 aliphatic carbocycles. The van der Waals surface area contributed by atoms with Crippen LogP contribution in [0.4, 0.5) is 0 Å². The van der Waals surface area contributed by atoms with Crippen LogP contribution in [0.2, 0.25) is 0 Å². The number of benzene rings is 4. The molecule has 0 bridgehead atoms. The molecule has 0 amide bonds. The van der Waals surface area contributed by atoms with Crippen molar-refractivity contribution in [3.63, 3.8) is 0 Å². The highest BCUT2D eigenvalue weighted by Gasteiger charge is 2.31. The lowest BCUT2D eigenvalue weighted by Crippen LogP contribution is -2.19. The highest BCUT2D eigenvalue weighted by molar-refractivity contribution is 6.01. The van der Waals surface area contributed by atoms with Gasteiger partial charge in [0.25, 0.3) is 0 Å². The largest absolute Gasteiger partial charge is 0.507 e. The van der Waals surface area contributed by atoms with E-state index >= 15 is 0 Å². The first-order valence-corrected chi connectivity index (χ1v) is 17.1. The molecule has 0 heterocycles. The second-order valence-corrected chi connectivity index (χ2v) is 13.2. The van der Waals surface area contributed by atoms with Crippen LogP contribution >= 0.6 is 0 Å². The zero-order chi connectivity index (χ0) is 41.4. The van der Waals surface area contributed by atoms with Crippen molar-refractivity contribution >= 4 is 23.9 Å². The van der Waals surface area contributed by atoms with Gasteiger partial charge in [-0.3, -0.25) is 0 Å². The van der Waals surface area contributed by atoms with Crippen LogP contribution in [0.3, 0.4) is 0 Å². The number of aromatic hydroxyl groups is 1. The van der Waals surface area contributed by atoms with Crippen molar-refractivity contribution in [2.75, 3.05) is 28.4 Å². The minimum absolute atomic E-state index is 0.0232. The molecule has 0 aromatic heterocycles. The summed E-state index contributed by atoms with van der Waals surface area (Å²) < 4.78 is 39.5. The molecule has 0 aliphatic rings. The van der Waals surface area contributed by atoms with Crippen LogP contribution in [0.15, 0.2) is 12.1 Å². The summed E-state index contributed by atoms with van der Waals surface area (Å²) >= 11 is 0. The Hall–Kier alpha value is -6.24. The third-order valence-electron chi connectivity index (χ3n) is 10.0. The van der Waals surface area contributed by atoms with Crippen LogP contribution < -0.4 is 33.2 Å². The van der Waals surface area contributed by atoms with E-state index in [1.165, 1.54) is 41.4 Å². The Balaban J connectivity index is 1.71. The van der Waals surface area contributed by atoms with Gasteiger partial charge in [0.15, 0.2) is 0 Å². The number of ether oxygens (including phenoxy) is 7. The van der Waals surface area contributed by atoms with E-state index in [0.29, 0.717) is 50.3 Å². The molecular weight excluding hydrogens is 712 g/mol. The second kappa shape index (κ2) is 16.0. The van der Waals surface area contributed by atoms with Crippen LogP contribution in [0.5, 0.6) is 46.0 Å². The number of carboxylic acids is 1. The molecule has 0 saturated carbocycles. The number of rotatable bonds is 11. The van der Waals surface area contributed by atoms with Gasteiger partial charge >= 0.3 is 23.9 Å². The number of methoxy groups -OCH3 is 4. The van der Waals surface area contributed by atoms with Crippen molar-refractivity contribution in [1.82, 2.24) is 0 Å². The van der Waals surface area contributed by atoms with Crippen molar-refractivity contribution in [3.8, 4) is 46.0 Å². The third kappa shape index (κ3) is 7.21. The summed E-state index contributed by atoms with van der Waals surface area (Å²) in [6.45, 7) is 16.3. The number of phenols is 1. The Kier molecular flexibility index (Phi) is 12.1. The van der Waals surface area contributed by atoms with Crippen molar-refractivity contribution in [2.24, 2.45) is 0 Å². The number of aryl methyl sites for hydroxylation is 2. The van der Waals surface area contributed by atoms with Crippen molar-refractivity contribution < 1.29 is 62.5 Å². The first-order chi connectivity index (χ1) is 25.8. The fraction of sp³-hybridized carbons (Fsp3) is 0.333. The second-order valence-electron chi connectivity index (χ2n) is 13.2. The summed E-state index contributed by atoms with van der Waals surface area (Å²) in [4.78, 5) is 53.2. The Morgan fingerprint density at radius 3 is 1.29 bits per heavy atom. The van der Waals surface area contributed by atoms with Gasteiger partial charge in [0.1, 0.15) is 68.2 Å². The molecule has 13 nitrogen and oxygen atoms in total. The van der Waals surface area contributed by atoms with E-state index in [2.05, 4.69) is 0 Å². The lowest BCUT2D eigenvalue weighted by atomic mass is 9.95. The van der Waals surface area contributed by atoms with Gasteiger partial charge in [0.05, 0.1) is 28.4 Å². The summed E-state index contributed by atoms with van der Waals surface area (Å²) in [5.74, 6) is -2.84. The van der Waals surface area contributed by atoms with E-state index in [0.717, 1.165) is 0 Å². The standard InChI is InChI=1S/C42H46O13/c1-17-16-28(53-41(47)30-18(2)15-27(49-11)24(8)36(30)50-12)23(7)33(43)29(17)40(46)54-35-22(6)20(4)32(38(52-14)26(35)10)42(48)55-34-21(5)19(3)31(39(44)45)37(51-13)25(34)9/h15-16,43H,1-14H3,(H,44,45). The van der Waals surface area contributed by atoms with Crippen LogP contribution in [0.25, 0.3) is 0 Å². The van der Waals surface area contributed by atoms with Crippen molar-refractivity contribution in [1.29, 1.82) is 0 Å². The average Bonchev–Trinajstić information content (AvgIpc) is 3.13. The highest BCUT2D eigenvalue weighted by atomic mass is 16.6. The SMILES string of the molecule is COc1cc(C)c(C(=O)Oc2cc(C)c(C(=O)Oc3c(C)c(C)c(C(=O)Oc4c(C)c(C)c(C(=O)O)c(OC)c4C)c(OC)c3C)c(O)c2C)c(OC)c1C. The Labute approximate surface area is 319 Å². The van der Waals surface area contributed by atoms with E-state index in [1.807, 2.05) is 0 Å². The van der Waals surface area contributed by atoms with Gasteiger partial charge in [-0.25, -0.2) is 19.2 Å². The summed E-state index contributed by atoms with van der Waals surface area (Å²) in [5, 5.41) is 21.1. The van der Waals surface area contributed by atoms with Crippen molar-refractivity contribution in [3.05, 3.63) is 90.0 Å². The van der Waals surface area contributed by atoms with Gasteiger partial charge in [0, 0.05) is 22.3 Å². The first kappa shape index (κ1) is 41.5. The van der Waals surface area contributed by atoms with Crippen molar-refractivity contribution in [2.45, 2.75) is 69.2 Å². The zero-order valence-electron chi connectivity index (χ0n) is 33.5. The molecular formula is C42H46O13. The van der Waals surface area contributed by atoms with Crippen LogP contribution in [0.1, 0.15) is 97.1 Å². The maximum Gasteiger partial charge on any atom is 0.347 e. The summed E-state index contributed by atoms with van der Waals surface area (Å²) in [6.07, 6.45) is 0. The van der Waals surface area contributed by atoms with Crippen LogP contribution in [-0.2, 0) is 0 Å². The van der Waals surface area contributed by atoms with E-state index in [1.54, 1.807) is 68.4 Å². The molecule has 0 aliphatic heterocycles. The maximum absolute atomic E-state index is 13.9. The highest BCUT2D eigenvalue weighted by Crippen LogP contribution is 2.43. The number of carbonyl (C=O) groups is 4. The van der Waals surface area contributed by atoms with E-state index in [9.17, 15) is 29.4 Å². The number of hydrogen-bond acceptors (Lipinski definition) is 12. The lowest BCUT2D eigenvalue weighted by molar-refractivity contribution is 0.0687. The minimum atomic E-state index is -1.18. The Morgan fingerprint density at radius 2 is 0.818 bits per heavy atom. The summed E-state index contributed by atoms with van der Waals surface area (Å²) in [7, 11) is 5.64. The summed E-state index contributed by atoms with van der Waals surface area (Å²) in [5.41, 5.74) is 3.82. The first-order valence-electron chi connectivity index (χ1n) is 17.1. The number of carbonyl (C=O) groups excluding carboxylic acids is 3. The van der Waals surface area contributed by atoms with E-state index < -0.39 is 29.6 Å². The zero-order valence-corrected chi connectivity index (χ0v) is 33.5. The smallest absolute Gasteiger partial charge is 0.347 e. The molecule has 0 saturated heterocycles. The topological polar surface area (TPSA) is 173 Å². The van der Waals surface area contributed by atoms with Gasteiger partial charge < -0.3 is 43.4 Å². The molecule has 13 heteroatoms.